The lowest BCUT2D eigenvalue weighted by molar-refractivity contribution is 0.232. The second-order valence-electron chi connectivity index (χ2n) is 6.33. The van der Waals surface area contributed by atoms with Crippen molar-refractivity contribution in [2.75, 3.05) is 11.1 Å². The van der Waals surface area contributed by atoms with Crippen LogP contribution < -0.4 is 11.1 Å². The third kappa shape index (κ3) is 2.84. The van der Waals surface area contributed by atoms with E-state index in [9.17, 15) is 0 Å². The molecule has 1 aliphatic carbocycles. The van der Waals surface area contributed by atoms with Crippen molar-refractivity contribution in [3.05, 3.63) is 18.2 Å². The van der Waals surface area contributed by atoms with E-state index in [2.05, 4.69) is 24.1 Å². The highest BCUT2D eigenvalue weighted by Crippen LogP contribution is 2.37. The number of aromatic nitrogens is 1. The third-order valence-electron chi connectivity index (χ3n) is 4.08. The molecule has 1 heterocycles. The van der Waals surface area contributed by atoms with Gasteiger partial charge in [0.25, 0.3) is 0 Å². The maximum Gasteiger partial charge on any atom is 0.184 e. The molecule has 3 rings (SSSR count). The van der Waals surface area contributed by atoms with Gasteiger partial charge in [-0.05, 0) is 49.3 Å². The number of anilines is 2. The highest BCUT2D eigenvalue weighted by atomic mass is 32.1. The Morgan fingerprint density at radius 1 is 1.32 bits per heavy atom. The fourth-order valence-electron chi connectivity index (χ4n) is 2.72. The number of nitrogens with one attached hydrogen (secondary N) is 1. The summed E-state index contributed by atoms with van der Waals surface area (Å²) in [6, 6.07) is 6.49. The Bertz CT molecular complexity index is 578. The second kappa shape index (κ2) is 4.67. The van der Waals surface area contributed by atoms with Gasteiger partial charge in [0, 0.05) is 11.7 Å². The summed E-state index contributed by atoms with van der Waals surface area (Å²) in [5.41, 5.74) is 8.17. The summed E-state index contributed by atoms with van der Waals surface area (Å²) >= 11 is 1.70. The predicted octanol–water partition coefficient (Wildman–Crippen LogP) is 4.26. The van der Waals surface area contributed by atoms with Crippen LogP contribution in [0.1, 0.15) is 39.5 Å². The van der Waals surface area contributed by atoms with Gasteiger partial charge >= 0.3 is 0 Å². The summed E-state index contributed by atoms with van der Waals surface area (Å²) in [4.78, 5) is 4.64. The minimum absolute atomic E-state index is 0.514. The highest BCUT2D eigenvalue weighted by Gasteiger charge is 2.27. The van der Waals surface area contributed by atoms with Crippen molar-refractivity contribution in [1.82, 2.24) is 4.98 Å². The van der Waals surface area contributed by atoms with Gasteiger partial charge < -0.3 is 11.1 Å². The van der Waals surface area contributed by atoms with Crippen LogP contribution >= 0.6 is 11.3 Å². The van der Waals surface area contributed by atoms with Gasteiger partial charge in [-0.15, -0.1) is 0 Å². The first-order valence-corrected chi connectivity index (χ1v) is 7.76. The number of benzene rings is 1. The number of nitrogens with zero attached hydrogens (tertiary/aromatic N) is 1. The molecule has 1 saturated carbocycles. The molecule has 2 aromatic rings. The van der Waals surface area contributed by atoms with Crippen molar-refractivity contribution in [2.24, 2.45) is 5.41 Å². The Kier molecular flexibility index (Phi) is 3.13. The number of nitrogens with two attached hydrogens (primary N) is 1. The lowest BCUT2D eigenvalue weighted by Crippen LogP contribution is -2.29. The first-order valence-electron chi connectivity index (χ1n) is 6.94. The molecule has 1 aromatic carbocycles. The molecule has 3 N–H and O–H groups in total. The van der Waals surface area contributed by atoms with Crippen LogP contribution in [0.4, 0.5) is 10.8 Å². The second-order valence-corrected chi connectivity index (χ2v) is 7.36. The Labute approximate surface area is 118 Å². The van der Waals surface area contributed by atoms with Crippen molar-refractivity contribution in [1.29, 1.82) is 0 Å². The van der Waals surface area contributed by atoms with Crippen molar-refractivity contribution < 1.29 is 0 Å². The molecule has 0 unspecified atom stereocenters. The van der Waals surface area contributed by atoms with Crippen molar-refractivity contribution in [3.8, 4) is 0 Å². The fraction of sp³-hybridized carbons (Fsp3) is 0.533. The molecule has 0 spiro atoms. The molecular formula is C15H21N3S. The number of fused-ring (bicyclic) bond motifs is 1. The molecule has 0 radical (unpaired) electrons. The standard InChI is InChI=1S/C15H21N3S/c1-15(2)7-5-11(6-8-15)17-14-18-12-4-3-10(16)9-13(12)19-14/h3-4,9,11H,5-8,16H2,1-2H3,(H,17,18). The van der Waals surface area contributed by atoms with E-state index < -0.39 is 0 Å². The van der Waals surface area contributed by atoms with Gasteiger partial charge in [-0.1, -0.05) is 25.2 Å². The van der Waals surface area contributed by atoms with Gasteiger partial charge in [-0.25, -0.2) is 4.98 Å². The zero-order chi connectivity index (χ0) is 13.5. The maximum absolute atomic E-state index is 5.81. The third-order valence-corrected chi connectivity index (χ3v) is 5.03. The molecule has 0 atom stereocenters. The molecule has 4 heteroatoms. The van der Waals surface area contributed by atoms with Crippen LogP contribution in [0, 0.1) is 5.41 Å². The summed E-state index contributed by atoms with van der Waals surface area (Å²) in [5.74, 6) is 0. The Morgan fingerprint density at radius 2 is 2.05 bits per heavy atom. The van der Waals surface area contributed by atoms with Crippen molar-refractivity contribution in [2.45, 2.75) is 45.6 Å². The molecule has 1 aromatic heterocycles. The van der Waals surface area contributed by atoms with Gasteiger partial charge in [0.15, 0.2) is 5.13 Å². The first kappa shape index (κ1) is 12.7. The summed E-state index contributed by atoms with van der Waals surface area (Å²) < 4.78 is 1.17. The van der Waals surface area contributed by atoms with Crippen LogP contribution in [-0.2, 0) is 0 Å². The Hall–Kier alpha value is -1.29. The van der Waals surface area contributed by atoms with Gasteiger partial charge in [0.05, 0.1) is 10.2 Å². The normalized spacial score (nSPS) is 19.7. The monoisotopic (exact) mass is 275 g/mol. The molecule has 3 nitrogen and oxygen atoms in total. The first-order chi connectivity index (χ1) is 9.02. The van der Waals surface area contributed by atoms with Gasteiger partial charge in [-0.3, -0.25) is 0 Å². The molecule has 102 valence electrons. The quantitative estimate of drug-likeness (QED) is 0.805. The van der Waals surface area contributed by atoms with E-state index in [1.807, 2.05) is 18.2 Å². The molecule has 1 aliphatic rings. The van der Waals surface area contributed by atoms with Gasteiger partial charge in [-0.2, -0.15) is 0 Å². The van der Waals surface area contributed by atoms with Crippen LogP contribution in [0.2, 0.25) is 0 Å². The van der Waals surface area contributed by atoms with Crippen LogP contribution in [0.25, 0.3) is 10.2 Å². The van der Waals surface area contributed by atoms with E-state index in [1.165, 1.54) is 30.4 Å². The van der Waals surface area contributed by atoms with Crippen LogP contribution in [-0.4, -0.2) is 11.0 Å². The average Bonchev–Trinajstić information content (AvgIpc) is 2.73. The predicted molar refractivity (Wildman–Crippen MR) is 83.7 cm³/mol. The average molecular weight is 275 g/mol. The molecule has 0 aliphatic heterocycles. The molecular weight excluding hydrogens is 254 g/mol. The number of hydrogen-bond acceptors (Lipinski definition) is 4. The molecule has 0 bridgehead atoms. The van der Waals surface area contributed by atoms with Gasteiger partial charge in [0.2, 0.25) is 0 Å². The zero-order valence-electron chi connectivity index (χ0n) is 11.6. The number of rotatable bonds is 2. The number of hydrogen-bond donors (Lipinski definition) is 2. The van der Waals surface area contributed by atoms with Crippen molar-refractivity contribution >= 4 is 32.4 Å². The minimum atomic E-state index is 0.514. The van der Waals surface area contributed by atoms with Crippen LogP contribution in [0.5, 0.6) is 0 Å². The summed E-state index contributed by atoms with van der Waals surface area (Å²) in [5, 5.41) is 4.63. The lowest BCUT2D eigenvalue weighted by Gasteiger charge is -2.34. The summed E-state index contributed by atoms with van der Waals surface area (Å²) in [6.07, 6.45) is 5.07. The SMILES string of the molecule is CC1(C)CCC(Nc2nc3ccc(N)cc3s2)CC1. The van der Waals surface area contributed by atoms with E-state index in [0.29, 0.717) is 11.5 Å². The topological polar surface area (TPSA) is 50.9 Å². The summed E-state index contributed by atoms with van der Waals surface area (Å²) in [6.45, 7) is 4.73. The largest absolute Gasteiger partial charge is 0.399 e. The van der Waals surface area contributed by atoms with E-state index in [4.69, 9.17) is 5.73 Å². The lowest BCUT2D eigenvalue weighted by atomic mass is 9.76. The number of nitrogen functional groups attached to an aromatic ring is 1. The zero-order valence-corrected chi connectivity index (χ0v) is 12.4. The maximum atomic E-state index is 5.81. The highest BCUT2D eigenvalue weighted by molar-refractivity contribution is 7.22. The Morgan fingerprint density at radius 3 is 2.79 bits per heavy atom. The minimum Gasteiger partial charge on any atom is -0.399 e. The molecule has 0 saturated heterocycles. The molecule has 1 fully saturated rings. The number of thiazole rings is 1. The van der Waals surface area contributed by atoms with Crippen LogP contribution in [0.15, 0.2) is 18.2 Å². The van der Waals surface area contributed by atoms with E-state index in [-0.39, 0.29) is 0 Å². The fourth-order valence-corrected chi connectivity index (χ4v) is 3.71. The van der Waals surface area contributed by atoms with E-state index in [1.54, 1.807) is 11.3 Å². The van der Waals surface area contributed by atoms with E-state index in [0.717, 1.165) is 16.3 Å². The molecule has 19 heavy (non-hydrogen) atoms. The van der Waals surface area contributed by atoms with E-state index >= 15 is 0 Å². The molecule has 0 amide bonds. The van der Waals surface area contributed by atoms with Crippen LogP contribution in [0.3, 0.4) is 0 Å². The smallest absolute Gasteiger partial charge is 0.184 e. The summed E-state index contributed by atoms with van der Waals surface area (Å²) in [7, 11) is 0. The van der Waals surface area contributed by atoms with Gasteiger partial charge in [0.1, 0.15) is 0 Å². The Balaban J connectivity index is 1.72. The van der Waals surface area contributed by atoms with Crippen molar-refractivity contribution in [3.63, 3.8) is 0 Å².